The van der Waals surface area contributed by atoms with Crippen LogP contribution in [-0.4, -0.2) is 27.7 Å². The molecule has 112 valence electrons. The molecule has 0 bridgehead atoms. The van der Waals surface area contributed by atoms with E-state index in [2.05, 4.69) is 43.3 Å². The van der Waals surface area contributed by atoms with Gasteiger partial charge in [-0.2, -0.15) is 4.98 Å². The van der Waals surface area contributed by atoms with Crippen molar-refractivity contribution in [1.29, 1.82) is 0 Å². The van der Waals surface area contributed by atoms with Gasteiger partial charge in [0.2, 0.25) is 11.7 Å². The predicted octanol–water partition coefficient (Wildman–Crippen LogP) is 3.53. The van der Waals surface area contributed by atoms with Crippen LogP contribution in [0.15, 0.2) is 27.3 Å². The number of nitrogens with one attached hydrogen (secondary N) is 1. The van der Waals surface area contributed by atoms with Crippen LogP contribution < -0.4 is 5.32 Å². The van der Waals surface area contributed by atoms with E-state index in [0.29, 0.717) is 17.8 Å². The normalized spacial score (nSPS) is 22.4. The number of hydrogen-bond acceptors (Lipinski definition) is 5. The van der Waals surface area contributed by atoms with Gasteiger partial charge in [-0.05, 0) is 47.4 Å². The first-order valence-electron chi connectivity index (χ1n) is 7.47. The van der Waals surface area contributed by atoms with Gasteiger partial charge in [-0.25, -0.2) is 0 Å². The molecule has 2 aromatic heterocycles. The Kier molecular flexibility index (Phi) is 4.65. The van der Waals surface area contributed by atoms with Gasteiger partial charge in [-0.15, -0.1) is 0 Å². The molecule has 6 heteroatoms. The predicted molar refractivity (Wildman–Crippen MR) is 83.9 cm³/mol. The Morgan fingerprint density at radius 1 is 1.33 bits per heavy atom. The van der Waals surface area contributed by atoms with Crippen LogP contribution in [0.2, 0.25) is 0 Å². The number of hydrogen-bond donors (Lipinski definition) is 1. The molecule has 1 saturated carbocycles. The van der Waals surface area contributed by atoms with Crippen LogP contribution >= 0.6 is 15.9 Å². The quantitative estimate of drug-likeness (QED) is 0.913. The summed E-state index contributed by atoms with van der Waals surface area (Å²) in [6.45, 7) is 3.10. The third-order valence-corrected chi connectivity index (χ3v) is 4.42. The van der Waals surface area contributed by atoms with Crippen molar-refractivity contribution in [2.75, 3.05) is 6.54 Å². The van der Waals surface area contributed by atoms with Crippen LogP contribution in [-0.2, 0) is 0 Å². The molecule has 1 aliphatic rings. The summed E-state index contributed by atoms with van der Waals surface area (Å²) < 4.78 is 6.45. The Morgan fingerprint density at radius 2 is 2.19 bits per heavy atom. The van der Waals surface area contributed by atoms with E-state index in [0.717, 1.165) is 29.0 Å². The van der Waals surface area contributed by atoms with Gasteiger partial charge >= 0.3 is 0 Å². The average Bonchev–Trinajstić information content (AvgIpc) is 2.99. The fourth-order valence-electron chi connectivity index (χ4n) is 2.93. The van der Waals surface area contributed by atoms with Crippen LogP contribution in [0.3, 0.4) is 0 Å². The second kappa shape index (κ2) is 6.66. The average molecular weight is 351 g/mol. The Bertz CT molecular complexity index is 582. The molecular weight excluding hydrogens is 332 g/mol. The number of aromatic nitrogens is 3. The van der Waals surface area contributed by atoms with Gasteiger partial charge in [-0.3, -0.25) is 4.98 Å². The second-order valence-corrected chi connectivity index (χ2v) is 6.29. The zero-order valence-electron chi connectivity index (χ0n) is 12.1. The van der Waals surface area contributed by atoms with Crippen molar-refractivity contribution < 1.29 is 4.52 Å². The second-order valence-electron chi connectivity index (χ2n) is 5.37. The van der Waals surface area contributed by atoms with Gasteiger partial charge < -0.3 is 9.84 Å². The first-order chi connectivity index (χ1) is 10.3. The van der Waals surface area contributed by atoms with Gasteiger partial charge in [0.15, 0.2) is 0 Å². The highest BCUT2D eigenvalue weighted by molar-refractivity contribution is 9.10. The molecule has 3 rings (SSSR count). The lowest BCUT2D eigenvalue weighted by atomic mass is 9.84. The van der Waals surface area contributed by atoms with Crippen LogP contribution in [0, 0.1) is 0 Å². The molecule has 2 atom stereocenters. The van der Waals surface area contributed by atoms with Gasteiger partial charge in [0, 0.05) is 16.7 Å². The van der Waals surface area contributed by atoms with E-state index in [1.165, 1.54) is 19.3 Å². The maximum Gasteiger partial charge on any atom is 0.231 e. The summed E-state index contributed by atoms with van der Waals surface area (Å²) in [6, 6.07) is 4.26. The molecule has 0 spiro atoms. The molecule has 0 amide bonds. The van der Waals surface area contributed by atoms with Gasteiger partial charge in [-0.1, -0.05) is 24.9 Å². The van der Waals surface area contributed by atoms with Crippen LogP contribution in [0.5, 0.6) is 0 Å². The smallest absolute Gasteiger partial charge is 0.231 e. The number of rotatable bonds is 4. The zero-order valence-corrected chi connectivity index (χ0v) is 13.6. The Hall–Kier alpha value is -1.27. The molecule has 1 fully saturated rings. The topological polar surface area (TPSA) is 63.8 Å². The van der Waals surface area contributed by atoms with Crippen LogP contribution in [0.25, 0.3) is 11.5 Å². The molecule has 2 heterocycles. The molecule has 2 aromatic rings. The van der Waals surface area contributed by atoms with Crippen LogP contribution in [0.4, 0.5) is 0 Å². The third kappa shape index (κ3) is 3.32. The molecule has 0 radical (unpaired) electrons. The minimum Gasteiger partial charge on any atom is -0.339 e. The third-order valence-electron chi connectivity index (χ3n) is 3.95. The fraction of sp³-hybridized carbons (Fsp3) is 0.533. The highest BCUT2D eigenvalue weighted by Gasteiger charge is 2.30. The fourth-order valence-corrected chi connectivity index (χ4v) is 3.17. The maximum atomic E-state index is 5.51. The van der Waals surface area contributed by atoms with E-state index < -0.39 is 0 Å². The van der Waals surface area contributed by atoms with Crippen molar-refractivity contribution in [2.24, 2.45) is 0 Å². The first kappa shape index (κ1) is 14.7. The molecule has 2 unspecified atom stereocenters. The van der Waals surface area contributed by atoms with Gasteiger partial charge in [0.1, 0.15) is 5.69 Å². The van der Waals surface area contributed by atoms with E-state index in [4.69, 9.17) is 4.52 Å². The van der Waals surface area contributed by atoms with Gasteiger partial charge in [0.05, 0.1) is 5.92 Å². The Labute approximate surface area is 132 Å². The van der Waals surface area contributed by atoms with E-state index in [9.17, 15) is 0 Å². The molecule has 1 N–H and O–H groups in total. The lowest BCUT2D eigenvalue weighted by Gasteiger charge is -2.29. The number of nitrogens with zero attached hydrogens (tertiary/aromatic N) is 3. The van der Waals surface area contributed by atoms with E-state index >= 15 is 0 Å². The number of halogens is 1. The summed E-state index contributed by atoms with van der Waals surface area (Å²) in [5.41, 5.74) is 0.740. The van der Waals surface area contributed by atoms with E-state index in [1.54, 1.807) is 6.20 Å². The largest absolute Gasteiger partial charge is 0.339 e. The molecule has 0 aliphatic heterocycles. The number of pyridine rings is 1. The zero-order chi connectivity index (χ0) is 14.7. The van der Waals surface area contributed by atoms with Crippen molar-refractivity contribution in [3.63, 3.8) is 0 Å². The van der Waals surface area contributed by atoms with Crippen molar-refractivity contribution in [2.45, 2.75) is 44.6 Å². The SMILES string of the molecule is CCNC1CCCCC1c1nc(-c2ccc(Br)cn2)no1. The molecule has 21 heavy (non-hydrogen) atoms. The molecule has 0 saturated heterocycles. The minimum absolute atomic E-state index is 0.315. The summed E-state index contributed by atoms with van der Waals surface area (Å²) in [7, 11) is 0. The first-order valence-corrected chi connectivity index (χ1v) is 8.26. The maximum absolute atomic E-state index is 5.51. The summed E-state index contributed by atoms with van der Waals surface area (Å²) >= 11 is 3.38. The van der Waals surface area contributed by atoms with Crippen molar-refractivity contribution in [3.05, 3.63) is 28.7 Å². The molecule has 0 aromatic carbocycles. The van der Waals surface area contributed by atoms with Crippen LogP contribution in [0.1, 0.15) is 44.4 Å². The highest BCUT2D eigenvalue weighted by Crippen LogP contribution is 2.33. The Morgan fingerprint density at radius 3 is 2.95 bits per heavy atom. The summed E-state index contributed by atoms with van der Waals surface area (Å²) in [6.07, 6.45) is 6.51. The van der Waals surface area contributed by atoms with E-state index in [1.807, 2.05) is 12.1 Å². The van der Waals surface area contributed by atoms with Crippen molar-refractivity contribution in [3.8, 4) is 11.5 Å². The summed E-state index contributed by atoms with van der Waals surface area (Å²) in [5.74, 6) is 1.62. The monoisotopic (exact) mass is 350 g/mol. The van der Waals surface area contributed by atoms with Crippen molar-refractivity contribution in [1.82, 2.24) is 20.4 Å². The molecule has 1 aliphatic carbocycles. The minimum atomic E-state index is 0.315. The Balaban J connectivity index is 1.81. The summed E-state index contributed by atoms with van der Waals surface area (Å²) in [4.78, 5) is 8.89. The highest BCUT2D eigenvalue weighted by atomic mass is 79.9. The summed E-state index contributed by atoms with van der Waals surface area (Å²) in [5, 5.41) is 7.63. The van der Waals surface area contributed by atoms with Crippen molar-refractivity contribution >= 4 is 15.9 Å². The van der Waals surface area contributed by atoms with Gasteiger partial charge in [0.25, 0.3) is 0 Å². The molecule has 5 nitrogen and oxygen atoms in total. The lowest BCUT2D eigenvalue weighted by molar-refractivity contribution is 0.265. The van der Waals surface area contributed by atoms with E-state index in [-0.39, 0.29) is 0 Å². The lowest BCUT2D eigenvalue weighted by Crippen LogP contribution is -2.37. The standard InChI is InChI=1S/C15H19BrN4O/c1-2-17-12-6-4-3-5-11(12)15-19-14(20-21-15)13-8-7-10(16)9-18-13/h7-9,11-12,17H,2-6H2,1H3. The molecular formula is C15H19BrN4O. The number of likely N-dealkylation sites (N-methyl/N-ethyl adjacent to an activating group) is 1.